The second-order valence-corrected chi connectivity index (χ2v) is 10.4. The molecular formula is C29H29N3OS. The van der Waals surface area contributed by atoms with Crippen molar-refractivity contribution in [2.45, 2.75) is 39.7 Å². The topological polar surface area (TPSA) is 46.9 Å². The average molecular weight is 468 g/mol. The number of nitrogens with one attached hydrogen (secondary N) is 1. The zero-order valence-corrected chi connectivity index (χ0v) is 20.6. The van der Waals surface area contributed by atoms with Crippen LogP contribution in [-0.4, -0.2) is 21.5 Å². The number of benzene rings is 3. The molecule has 1 unspecified atom stereocenters. The van der Waals surface area contributed by atoms with E-state index in [4.69, 9.17) is 0 Å². The number of nitrogens with zero attached hydrogens (tertiary/aromatic N) is 2. The van der Waals surface area contributed by atoms with Gasteiger partial charge in [-0.25, -0.2) is 4.98 Å². The molecule has 0 aliphatic rings. The van der Waals surface area contributed by atoms with Gasteiger partial charge in [0.2, 0.25) is 0 Å². The molecule has 0 aliphatic carbocycles. The molecule has 0 spiro atoms. The molecule has 0 saturated heterocycles. The highest BCUT2D eigenvalue weighted by atomic mass is 32.1. The molecule has 34 heavy (non-hydrogen) atoms. The molecule has 172 valence electrons. The molecule has 5 aromatic rings. The Morgan fingerprint density at radius 3 is 2.62 bits per heavy atom. The van der Waals surface area contributed by atoms with Crippen LogP contribution in [0.25, 0.3) is 37.0 Å². The largest absolute Gasteiger partial charge is 0.348 e. The first kappa shape index (κ1) is 22.4. The number of thiophene rings is 1. The van der Waals surface area contributed by atoms with E-state index in [9.17, 15) is 4.79 Å². The van der Waals surface area contributed by atoms with Crippen LogP contribution in [0, 0.1) is 5.92 Å². The molecule has 1 N–H and O–H groups in total. The first-order valence-electron chi connectivity index (χ1n) is 11.9. The Morgan fingerprint density at radius 2 is 1.76 bits per heavy atom. The third kappa shape index (κ3) is 4.36. The quantitative estimate of drug-likeness (QED) is 0.270. The number of rotatable bonds is 7. The first-order valence-corrected chi connectivity index (χ1v) is 12.7. The fourth-order valence-corrected chi connectivity index (χ4v) is 5.66. The zero-order valence-electron chi connectivity index (χ0n) is 19.8. The van der Waals surface area contributed by atoms with Crippen molar-refractivity contribution in [1.29, 1.82) is 0 Å². The highest BCUT2D eigenvalue weighted by Crippen LogP contribution is 2.40. The zero-order chi connectivity index (χ0) is 23.7. The average Bonchev–Trinajstić information content (AvgIpc) is 3.48. The molecule has 3 aromatic carbocycles. The SMILES string of the molecule is CC(C)CCC(C)NC(=O)c1cncn1-c1cccc(-c2cccc3c2sc2ccccc23)c1. The lowest BCUT2D eigenvalue weighted by atomic mass is 10.0. The predicted octanol–water partition coefficient (Wildman–Crippen LogP) is 7.46. The lowest BCUT2D eigenvalue weighted by Crippen LogP contribution is -2.33. The third-order valence-corrected chi connectivity index (χ3v) is 7.49. The summed E-state index contributed by atoms with van der Waals surface area (Å²) in [5, 5.41) is 5.71. The van der Waals surface area contributed by atoms with Crippen LogP contribution >= 0.6 is 11.3 Å². The van der Waals surface area contributed by atoms with E-state index in [0.717, 1.165) is 24.1 Å². The molecular weight excluding hydrogens is 438 g/mol. The van der Waals surface area contributed by atoms with Crippen molar-refractivity contribution in [3.05, 3.63) is 84.9 Å². The van der Waals surface area contributed by atoms with Crippen molar-refractivity contribution < 1.29 is 4.79 Å². The van der Waals surface area contributed by atoms with E-state index < -0.39 is 0 Å². The maximum absolute atomic E-state index is 13.0. The minimum atomic E-state index is -0.0919. The summed E-state index contributed by atoms with van der Waals surface area (Å²) in [4.78, 5) is 17.3. The summed E-state index contributed by atoms with van der Waals surface area (Å²) in [7, 11) is 0. The number of aromatic nitrogens is 2. The summed E-state index contributed by atoms with van der Waals surface area (Å²) < 4.78 is 4.45. The summed E-state index contributed by atoms with van der Waals surface area (Å²) in [6.45, 7) is 6.47. The number of imidazole rings is 1. The van der Waals surface area contributed by atoms with E-state index in [1.165, 1.54) is 25.7 Å². The van der Waals surface area contributed by atoms with Crippen LogP contribution < -0.4 is 5.32 Å². The minimum absolute atomic E-state index is 0.0919. The Hall–Kier alpha value is -3.44. The second-order valence-electron chi connectivity index (χ2n) is 9.33. The molecule has 1 amide bonds. The normalized spacial score (nSPS) is 12.5. The molecule has 4 nitrogen and oxygen atoms in total. The Balaban J connectivity index is 1.48. The van der Waals surface area contributed by atoms with Gasteiger partial charge in [0.1, 0.15) is 5.69 Å². The number of amides is 1. The van der Waals surface area contributed by atoms with E-state index in [0.29, 0.717) is 11.6 Å². The van der Waals surface area contributed by atoms with Crippen molar-refractivity contribution in [2.24, 2.45) is 5.92 Å². The van der Waals surface area contributed by atoms with Gasteiger partial charge in [0, 0.05) is 31.9 Å². The fraction of sp³-hybridized carbons (Fsp3) is 0.241. The number of fused-ring (bicyclic) bond motifs is 3. The Morgan fingerprint density at radius 1 is 0.971 bits per heavy atom. The van der Waals surface area contributed by atoms with Gasteiger partial charge in [0.15, 0.2) is 0 Å². The van der Waals surface area contributed by atoms with Crippen LogP contribution in [0.5, 0.6) is 0 Å². The maximum atomic E-state index is 13.0. The van der Waals surface area contributed by atoms with E-state index in [-0.39, 0.29) is 11.9 Å². The molecule has 2 heterocycles. The van der Waals surface area contributed by atoms with Crippen LogP contribution in [0.4, 0.5) is 0 Å². The lowest BCUT2D eigenvalue weighted by molar-refractivity contribution is 0.0930. The standard InChI is InChI=1S/C29H29N3OS/c1-19(2)14-15-20(3)31-29(33)26-17-30-18-32(26)22-9-6-8-21(16-22)23-11-7-12-25-24-10-4-5-13-27(24)34-28(23)25/h4-13,16-20H,14-15H2,1-3H3,(H,31,33). The molecule has 0 bridgehead atoms. The van der Waals surface area contributed by atoms with Crippen LogP contribution in [-0.2, 0) is 0 Å². The molecule has 0 aliphatic heterocycles. The van der Waals surface area contributed by atoms with Gasteiger partial charge in [-0.2, -0.15) is 0 Å². The maximum Gasteiger partial charge on any atom is 0.270 e. The van der Waals surface area contributed by atoms with E-state index in [1.54, 1.807) is 12.5 Å². The third-order valence-electron chi connectivity index (χ3n) is 6.27. The highest BCUT2D eigenvalue weighted by Gasteiger charge is 2.17. The highest BCUT2D eigenvalue weighted by molar-refractivity contribution is 7.26. The Labute approximate surface area is 204 Å². The smallest absolute Gasteiger partial charge is 0.270 e. The molecule has 5 rings (SSSR count). The first-order chi connectivity index (χ1) is 16.5. The number of carbonyl (C=O) groups excluding carboxylic acids is 1. The van der Waals surface area contributed by atoms with Crippen LogP contribution in [0.2, 0.25) is 0 Å². The van der Waals surface area contributed by atoms with Gasteiger partial charge in [0.25, 0.3) is 5.91 Å². The summed E-state index contributed by atoms with van der Waals surface area (Å²) in [6, 6.07) is 23.5. The summed E-state index contributed by atoms with van der Waals surface area (Å²) >= 11 is 1.82. The van der Waals surface area contributed by atoms with Gasteiger partial charge in [0.05, 0.1) is 12.5 Å². The molecule has 0 saturated carbocycles. The molecule has 5 heteroatoms. The summed E-state index contributed by atoms with van der Waals surface area (Å²) in [5.74, 6) is 0.531. The van der Waals surface area contributed by atoms with Crippen molar-refractivity contribution in [3.63, 3.8) is 0 Å². The van der Waals surface area contributed by atoms with Crippen molar-refractivity contribution in [3.8, 4) is 16.8 Å². The molecule has 1 atom stereocenters. The number of hydrogen-bond donors (Lipinski definition) is 1. The molecule has 2 aromatic heterocycles. The van der Waals surface area contributed by atoms with Gasteiger partial charge in [-0.15, -0.1) is 11.3 Å². The van der Waals surface area contributed by atoms with E-state index in [2.05, 4.69) is 85.7 Å². The van der Waals surface area contributed by atoms with Gasteiger partial charge in [-0.1, -0.05) is 62.4 Å². The van der Waals surface area contributed by atoms with Gasteiger partial charge in [-0.3, -0.25) is 9.36 Å². The molecule has 0 radical (unpaired) electrons. The van der Waals surface area contributed by atoms with Crippen molar-refractivity contribution >= 4 is 37.4 Å². The predicted molar refractivity (Wildman–Crippen MR) is 143 cm³/mol. The number of carbonyl (C=O) groups is 1. The van der Waals surface area contributed by atoms with Crippen LogP contribution in [0.3, 0.4) is 0 Å². The van der Waals surface area contributed by atoms with Crippen molar-refractivity contribution in [1.82, 2.24) is 14.9 Å². The van der Waals surface area contributed by atoms with E-state index >= 15 is 0 Å². The summed E-state index contributed by atoms with van der Waals surface area (Å²) in [5.41, 5.74) is 3.80. The molecule has 0 fully saturated rings. The second kappa shape index (κ2) is 9.43. The lowest BCUT2D eigenvalue weighted by Gasteiger charge is -2.16. The van der Waals surface area contributed by atoms with Gasteiger partial charge >= 0.3 is 0 Å². The fourth-order valence-electron chi connectivity index (χ4n) is 4.42. The Bertz CT molecular complexity index is 1460. The monoisotopic (exact) mass is 467 g/mol. The van der Waals surface area contributed by atoms with E-state index in [1.807, 2.05) is 28.0 Å². The summed E-state index contributed by atoms with van der Waals surface area (Å²) in [6.07, 6.45) is 5.41. The van der Waals surface area contributed by atoms with Crippen LogP contribution in [0.1, 0.15) is 44.1 Å². The van der Waals surface area contributed by atoms with Gasteiger partial charge < -0.3 is 5.32 Å². The Kier molecular flexibility index (Phi) is 6.20. The minimum Gasteiger partial charge on any atom is -0.348 e. The van der Waals surface area contributed by atoms with Gasteiger partial charge in [-0.05, 0) is 55.0 Å². The number of hydrogen-bond acceptors (Lipinski definition) is 3. The van der Waals surface area contributed by atoms with Crippen molar-refractivity contribution in [2.75, 3.05) is 0 Å². The van der Waals surface area contributed by atoms with Crippen LogP contribution in [0.15, 0.2) is 79.3 Å².